The van der Waals surface area contributed by atoms with Crippen molar-refractivity contribution in [1.82, 2.24) is 5.32 Å². The molecule has 0 aliphatic carbocycles. The van der Waals surface area contributed by atoms with E-state index in [1.807, 2.05) is 13.8 Å². The molecule has 1 rings (SSSR count). The third-order valence-corrected chi connectivity index (χ3v) is 2.86. The van der Waals surface area contributed by atoms with Gasteiger partial charge in [0, 0.05) is 30.7 Å². The fraction of sp³-hybridized carbons (Fsp3) is 0.500. The van der Waals surface area contributed by atoms with E-state index in [2.05, 4.69) is 5.32 Å². The van der Waals surface area contributed by atoms with Crippen molar-refractivity contribution in [2.45, 2.75) is 38.8 Å². The molecule has 1 unspecified atom stereocenters. The molecule has 1 aromatic rings. The Morgan fingerprint density at radius 2 is 1.90 bits per heavy atom. The van der Waals surface area contributed by atoms with Crippen molar-refractivity contribution in [2.75, 3.05) is 6.61 Å². The average molecular weight is 286 g/mol. The zero-order valence-electron chi connectivity index (χ0n) is 11.9. The van der Waals surface area contributed by atoms with Crippen molar-refractivity contribution in [1.29, 1.82) is 0 Å². The van der Waals surface area contributed by atoms with Crippen LogP contribution in [0.15, 0.2) is 18.2 Å². The van der Waals surface area contributed by atoms with E-state index in [9.17, 15) is 13.6 Å². The number of nitrogens with two attached hydrogens (primary N) is 1. The highest BCUT2D eigenvalue weighted by molar-refractivity contribution is 5.84. The van der Waals surface area contributed by atoms with Gasteiger partial charge in [0.25, 0.3) is 0 Å². The molecule has 3 N–H and O–H groups in total. The van der Waals surface area contributed by atoms with E-state index < -0.39 is 23.1 Å². The molecule has 0 spiro atoms. The van der Waals surface area contributed by atoms with Gasteiger partial charge in [-0.05, 0) is 20.8 Å². The minimum absolute atomic E-state index is 0.0686. The second-order valence-corrected chi connectivity index (χ2v) is 5.20. The first-order valence-corrected chi connectivity index (χ1v) is 6.39. The number of hydrogen-bond acceptors (Lipinski definition) is 3. The largest absolute Gasteiger partial charge is 0.493 e. The normalized spacial score (nSPS) is 14.1. The number of ether oxygens (including phenoxy) is 1. The molecule has 0 aliphatic rings. The van der Waals surface area contributed by atoms with E-state index in [-0.39, 0.29) is 18.4 Å². The zero-order chi connectivity index (χ0) is 15.3. The van der Waals surface area contributed by atoms with E-state index in [0.29, 0.717) is 6.42 Å². The monoisotopic (exact) mass is 286 g/mol. The quantitative estimate of drug-likeness (QED) is 0.805. The summed E-state index contributed by atoms with van der Waals surface area (Å²) in [5.41, 5.74) is 4.44. The van der Waals surface area contributed by atoms with Crippen LogP contribution in [0.3, 0.4) is 0 Å². The summed E-state index contributed by atoms with van der Waals surface area (Å²) in [6.45, 7) is 5.57. The number of benzene rings is 1. The highest BCUT2D eigenvalue weighted by Crippen LogP contribution is 2.17. The van der Waals surface area contributed by atoms with Crippen LogP contribution >= 0.6 is 0 Å². The van der Waals surface area contributed by atoms with Gasteiger partial charge in [-0.15, -0.1) is 0 Å². The molecule has 0 aliphatic heterocycles. The summed E-state index contributed by atoms with van der Waals surface area (Å²) in [4.78, 5) is 11.5. The molecule has 6 heteroatoms. The fourth-order valence-electron chi connectivity index (χ4n) is 1.89. The Morgan fingerprint density at radius 3 is 2.35 bits per heavy atom. The minimum atomic E-state index is -0.931. The second kappa shape index (κ2) is 6.65. The number of primary amides is 1. The third kappa shape index (κ3) is 4.77. The van der Waals surface area contributed by atoms with Gasteiger partial charge in [-0.2, -0.15) is 0 Å². The third-order valence-electron chi connectivity index (χ3n) is 2.86. The molecule has 0 heterocycles. The fourth-order valence-corrected chi connectivity index (χ4v) is 1.89. The van der Waals surface area contributed by atoms with Crippen molar-refractivity contribution >= 4 is 5.91 Å². The van der Waals surface area contributed by atoms with E-state index in [4.69, 9.17) is 10.5 Å². The minimum Gasteiger partial charge on any atom is -0.493 e. The summed E-state index contributed by atoms with van der Waals surface area (Å²) in [6.07, 6.45) is 0.290. The lowest BCUT2D eigenvalue weighted by molar-refractivity contribution is -0.124. The molecule has 0 aromatic heterocycles. The maximum Gasteiger partial charge on any atom is 0.237 e. The molecule has 0 fully saturated rings. The van der Waals surface area contributed by atoms with Gasteiger partial charge in [0.1, 0.15) is 17.4 Å². The van der Waals surface area contributed by atoms with Crippen molar-refractivity contribution in [3.8, 4) is 5.75 Å². The predicted octanol–water partition coefficient (Wildman–Crippen LogP) is 1.98. The van der Waals surface area contributed by atoms with Crippen LogP contribution in [-0.4, -0.2) is 24.1 Å². The van der Waals surface area contributed by atoms with Crippen LogP contribution in [0.4, 0.5) is 8.78 Å². The van der Waals surface area contributed by atoms with Crippen LogP contribution in [0.1, 0.15) is 27.2 Å². The van der Waals surface area contributed by atoms with Crippen LogP contribution in [0, 0.1) is 11.6 Å². The number of nitrogens with one attached hydrogen (secondary N) is 1. The maximum atomic E-state index is 13.0. The van der Waals surface area contributed by atoms with Crippen molar-refractivity contribution in [3.63, 3.8) is 0 Å². The van der Waals surface area contributed by atoms with Gasteiger partial charge >= 0.3 is 0 Å². The van der Waals surface area contributed by atoms with E-state index in [1.54, 1.807) is 6.92 Å². The molecule has 1 amide bonds. The molecule has 1 aromatic carbocycles. The number of rotatable bonds is 7. The predicted molar refractivity (Wildman–Crippen MR) is 72.3 cm³/mol. The van der Waals surface area contributed by atoms with Crippen LogP contribution in [0.5, 0.6) is 5.75 Å². The molecule has 20 heavy (non-hydrogen) atoms. The Kier molecular flexibility index (Phi) is 5.44. The Balaban J connectivity index is 2.62. The van der Waals surface area contributed by atoms with Gasteiger partial charge < -0.3 is 15.8 Å². The van der Waals surface area contributed by atoms with Gasteiger partial charge in [0.05, 0.1) is 12.1 Å². The van der Waals surface area contributed by atoms with Crippen molar-refractivity contribution in [3.05, 3.63) is 29.8 Å². The highest BCUT2D eigenvalue weighted by atomic mass is 19.1. The SMILES string of the molecule is CC(C)NC(C)(CCOc1cc(F)cc(F)c1)C(N)=O. The lowest BCUT2D eigenvalue weighted by Crippen LogP contribution is -2.56. The highest BCUT2D eigenvalue weighted by Gasteiger charge is 2.31. The summed E-state index contributed by atoms with van der Waals surface area (Å²) < 4.78 is 31.2. The molecule has 1 atom stereocenters. The number of carbonyl (C=O) groups is 1. The Labute approximate surface area is 117 Å². The van der Waals surface area contributed by atoms with Crippen molar-refractivity contribution < 1.29 is 18.3 Å². The number of halogens is 2. The summed E-state index contributed by atoms with van der Waals surface area (Å²) in [5, 5.41) is 3.06. The summed E-state index contributed by atoms with van der Waals surface area (Å²) in [6, 6.07) is 3.00. The summed E-state index contributed by atoms with van der Waals surface area (Å²) in [5.74, 6) is -1.84. The average Bonchev–Trinajstić information content (AvgIpc) is 2.26. The first-order valence-electron chi connectivity index (χ1n) is 6.39. The molecule has 112 valence electrons. The van der Waals surface area contributed by atoms with Gasteiger partial charge in [-0.3, -0.25) is 4.79 Å². The summed E-state index contributed by atoms with van der Waals surface area (Å²) in [7, 11) is 0. The van der Waals surface area contributed by atoms with Crippen LogP contribution in [0.2, 0.25) is 0 Å². The number of carbonyl (C=O) groups excluding carboxylic acids is 1. The standard InChI is InChI=1S/C14H20F2N2O2/c1-9(2)18-14(3,13(17)19)4-5-20-12-7-10(15)6-11(16)8-12/h6-9,18H,4-5H2,1-3H3,(H2,17,19). The van der Waals surface area contributed by atoms with Gasteiger partial charge in [0.15, 0.2) is 0 Å². The topological polar surface area (TPSA) is 64.3 Å². The Morgan fingerprint density at radius 1 is 1.35 bits per heavy atom. The van der Waals surface area contributed by atoms with Crippen LogP contribution in [-0.2, 0) is 4.79 Å². The van der Waals surface area contributed by atoms with Crippen LogP contribution in [0.25, 0.3) is 0 Å². The number of hydrogen-bond donors (Lipinski definition) is 2. The van der Waals surface area contributed by atoms with Crippen molar-refractivity contribution in [2.24, 2.45) is 5.73 Å². The summed E-state index contributed by atoms with van der Waals surface area (Å²) >= 11 is 0. The Bertz CT molecular complexity index is 460. The molecule has 4 nitrogen and oxygen atoms in total. The van der Waals surface area contributed by atoms with Gasteiger partial charge in [-0.25, -0.2) is 8.78 Å². The van der Waals surface area contributed by atoms with E-state index >= 15 is 0 Å². The van der Waals surface area contributed by atoms with Gasteiger partial charge in [-0.1, -0.05) is 0 Å². The first kappa shape index (κ1) is 16.4. The molecular formula is C14H20F2N2O2. The lowest BCUT2D eigenvalue weighted by Gasteiger charge is -2.29. The Hall–Kier alpha value is -1.69. The molecule has 0 saturated heterocycles. The zero-order valence-corrected chi connectivity index (χ0v) is 11.9. The van der Waals surface area contributed by atoms with Crippen LogP contribution < -0.4 is 15.8 Å². The smallest absolute Gasteiger partial charge is 0.237 e. The number of amides is 1. The van der Waals surface area contributed by atoms with Gasteiger partial charge in [0.2, 0.25) is 5.91 Å². The molecule has 0 saturated carbocycles. The van der Waals surface area contributed by atoms with E-state index in [1.165, 1.54) is 0 Å². The van der Waals surface area contributed by atoms with E-state index in [0.717, 1.165) is 18.2 Å². The molecule has 0 bridgehead atoms. The lowest BCUT2D eigenvalue weighted by atomic mass is 9.96. The first-order chi connectivity index (χ1) is 9.23. The molecular weight excluding hydrogens is 266 g/mol. The maximum absolute atomic E-state index is 13.0. The molecule has 0 radical (unpaired) electrons. The second-order valence-electron chi connectivity index (χ2n) is 5.20.